The fourth-order valence-electron chi connectivity index (χ4n) is 0.635. The molecule has 0 aromatic rings. The second-order valence-corrected chi connectivity index (χ2v) is 1.62. The number of urea groups is 1. The average Bonchev–Trinajstić information content (AvgIpc) is 2.12. The zero-order chi connectivity index (χ0) is 6.85. The zero-order valence-electron chi connectivity index (χ0n) is 5.00. The van der Waals surface area contributed by atoms with Crippen molar-refractivity contribution in [1.29, 1.82) is 0 Å². The van der Waals surface area contributed by atoms with Crippen LogP contribution >= 0.6 is 0 Å². The molecule has 4 nitrogen and oxygen atoms in total. The lowest BCUT2D eigenvalue weighted by Crippen LogP contribution is -2.29. The fourth-order valence-corrected chi connectivity index (χ4v) is 0.635. The van der Waals surface area contributed by atoms with Crippen molar-refractivity contribution in [3.8, 4) is 0 Å². The summed E-state index contributed by atoms with van der Waals surface area (Å²) in [6.45, 7) is 2.13. The molecule has 0 spiro atoms. The summed E-state index contributed by atoms with van der Waals surface area (Å²) in [6, 6.07) is -0.456. The first-order valence-corrected chi connectivity index (χ1v) is 2.65. The Bertz CT molecular complexity index is 167. The number of nitrogens with zero attached hydrogens (tertiary/aromatic N) is 2. The monoisotopic (exact) mass is 126 g/mol. The average molecular weight is 126 g/mol. The number of aliphatic imine (C=N–C) groups is 1. The van der Waals surface area contributed by atoms with Crippen LogP contribution in [0.25, 0.3) is 0 Å². The Balaban J connectivity index is 2.75. The summed E-state index contributed by atoms with van der Waals surface area (Å²) >= 11 is 0. The Morgan fingerprint density at radius 2 is 2.33 bits per heavy atom. The lowest BCUT2D eigenvalue weighted by molar-refractivity contribution is -0.120. The first kappa shape index (κ1) is 5.94. The highest BCUT2D eigenvalue weighted by atomic mass is 16.2. The van der Waals surface area contributed by atoms with Gasteiger partial charge in [0.1, 0.15) is 0 Å². The number of hydrogen-bond acceptors (Lipinski definition) is 2. The summed E-state index contributed by atoms with van der Waals surface area (Å²) in [5.41, 5.74) is 0. The van der Waals surface area contributed by atoms with Gasteiger partial charge in [-0.2, -0.15) is 4.99 Å². The van der Waals surface area contributed by atoms with Crippen molar-refractivity contribution in [1.82, 2.24) is 4.90 Å². The molecule has 0 aromatic heterocycles. The molecular formula is C5H6N2O2. The van der Waals surface area contributed by atoms with Crippen LogP contribution in [0.15, 0.2) is 4.99 Å². The molecule has 0 aliphatic carbocycles. The van der Waals surface area contributed by atoms with Crippen LogP contribution in [0.3, 0.4) is 0 Å². The van der Waals surface area contributed by atoms with Gasteiger partial charge in [-0.05, 0) is 6.92 Å². The zero-order valence-corrected chi connectivity index (χ0v) is 5.00. The fraction of sp³-hybridized carbons (Fsp3) is 0.400. The third kappa shape index (κ3) is 0.826. The number of carbonyl (C=O) groups excluding carboxylic acids is 2. The second kappa shape index (κ2) is 1.97. The smallest absolute Gasteiger partial charge is 0.267 e. The molecule has 0 bridgehead atoms. The molecule has 1 aliphatic heterocycles. The van der Waals surface area contributed by atoms with Gasteiger partial charge in [-0.3, -0.25) is 9.69 Å². The van der Waals surface area contributed by atoms with E-state index in [1.165, 1.54) is 0 Å². The van der Waals surface area contributed by atoms with E-state index in [0.29, 0.717) is 6.54 Å². The quantitative estimate of drug-likeness (QED) is 0.498. The van der Waals surface area contributed by atoms with Crippen LogP contribution in [0, 0.1) is 0 Å². The van der Waals surface area contributed by atoms with Gasteiger partial charge in [0.2, 0.25) is 0 Å². The molecule has 0 aromatic carbocycles. The highest BCUT2D eigenvalue weighted by Gasteiger charge is 2.22. The van der Waals surface area contributed by atoms with Crippen molar-refractivity contribution in [2.75, 3.05) is 6.54 Å². The third-order valence-corrected chi connectivity index (χ3v) is 1.10. The van der Waals surface area contributed by atoms with Gasteiger partial charge in [0.15, 0.2) is 0 Å². The van der Waals surface area contributed by atoms with Crippen LogP contribution in [0.4, 0.5) is 4.79 Å². The third-order valence-electron chi connectivity index (χ3n) is 1.10. The summed E-state index contributed by atoms with van der Waals surface area (Å²) in [4.78, 5) is 25.4. The first-order chi connectivity index (χ1) is 4.25. The normalized spacial score (nSPS) is 17.7. The van der Waals surface area contributed by atoms with E-state index in [-0.39, 0.29) is 5.91 Å². The number of hydrogen-bond donors (Lipinski definition) is 0. The van der Waals surface area contributed by atoms with Gasteiger partial charge in [0.25, 0.3) is 5.91 Å². The number of imide groups is 1. The molecule has 3 amide bonds. The maximum Gasteiger partial charge on any atom is 0.350 e. The van der Waals surface area contributed by atoms with E-state index < -0.39 is 6.03 Å². The van der Waals surface area contributed by atoms with Gasteiger partial charge in [0.05, 0.1) is 6.21 Å². The Labute approximate surface area is 52.2 Å². The topological polar surface area (TPSA) is 49.7 Å². The molecule has 0 fully saturated rings. The summed E-state index contributed by atoms with van der Waals surface area (Å²) in [5.74, 6) is -0.317. The first-order valence-electron chi connectivity index (χ1n) is 2.65. The van der Waals surface area contributed by atoms with E-state index in [1.807, 2.05) is 0 Å². The Hall–Kier alpha value is -1.19. The standard InChI is InChI=1S/C5H6N2O2/c1-2-7-4(8)3-6-5(7)9/h3H,2H2,1H3. The molecular weight excluding hydrogens is 120 g/mol. The van der Waals surface area contributed by atoms with Crippen molar-refractivity contribution in [2.24, 2.45) is 4.99 Å². The van der Waals surface area contributed by atoms with Gasteiger partial charge in [-0.1, -0.05) is 0 Å². The summed E-state index contributed by atoms with van der Waals surface area (Å²) < 4.78 is 0. The van der Waals surface area contributed by atoms with E-state index in [4.69, 9.17) is 0 Å². The van der Waals surface area contributed by atoms with Crippen LogP contribution < -0.4 is 0 Å². The predicted octanol–water partition coefficient (Wildman–Crippen LogP) is 0.0393. The molecule has 0 atom stereocenters. The summed E-state index contributed by atoms with van der Waals surface area (Å²) in [6.07, 6.45) is 1.03. The Morgan fingerprint density at radius 1 is 1.67 bits per heavy atom. The minimum Gasteiger partial charge on any atom is -0.267 e. The minimum absolute atomic E-state index is 0.317. The summed E-state index contributed by atoms with van der Waals surface area (Å²) in [5, 5.41) is 0. The maximum absolute atomic E-state index is 10.6. The highest BCUT2D eigenvalue weighted by Crippen LogP contribution is 1.98. The minimum atomic E-state index is -0.456. The maximum atomic E-state index is 10.6. The van der Waals surface area contributed by atoms with Gasteiger partial charge >= 0.3 is 6.03 Å². The molecule has 0 N–H and O–H groups in total. The van der Waals surface area contributed by atoms with Gasteiger partial charge in [-0.15, -0.1) is 0 Å². The van der Waals surface area contributed by atoms with Crippen molar-refractivity contribution in [3.05, 3.63) is 0 Å². The molecule has 48 valence electrons. The highest BCUT2D eigenvalue weighted by molar-refractivity contribution is 6.35. The number of rotatable bonds is 1. The van der Waals surface area contributed by atoms with Gasteiger partial charge < -0.3 is 0 Å². The SMILES string of the molecule is CCN1C(=O)C=NC1=O. The molecule has 0 unspecified atom stereocenters. The van der Waals surface area contributed by atoms with Crippen LogP contribution in [-0.4, -0.2) is 29.6 Å². The molecule has 9 heavy (non-hydrogen) atoms. The largest absolute Gasteiger partial charge is 0.350 e. The number of carbonyl (C=O) groups is 2. The Kier molecular flexibility index (Phi) is 1.30. The molecule has 0 saturated heterocycles. The van der Waals surface area contributed by atoms with E-state index in [9.17, 15) is 9.59 Å². The van der Waals surface area contributed by atoms with Crippen molar-refractivity contribution >= 4 is 18.2 Å². The van der Waals surface area contributed by atoms with E-state index in [1.54, 1.807) is 6.92 Å². The van der Waals surface area contributed by atoms with Crippen LogP contribution in [0.5, 0.6) is 0 Å². The molecule has 1 aliphatic rings. The summed E-state index contributed by atoms with van der Waals surface area (Å²) in [7, 11) is 0. The van der Waals surface area contributed by atoms with E-state index in [0.717, 1.165) is 11.1 Å². The molecule has 4 heteroatoms. The Morgan fingerprint density at radius 3 is 2.56 bits per heavy atom. The lowest BCUT2D eigenvalue weighted by atomic mass is 10.5. The van der Waals surface area contributed by atoms with Gasteiger partial charge in [-0.25, -0.2) is 4.79 Å². The van der Waals surface area contributed by atoms with Crippen molar-refractivity contribution < 1.29 is 9.59 Å². The van der Waals surface area contributed by atoms with Crippen molar-refractivity contribution in [2.45, 2.75) is 6.92 Å². The van der Waals surface area contributed by atoms with Gasteiger partial charge in [0, 0.05) is 6.54 Å². The lowest BCUT2D eigenvalue weighted by Gasteiger charge is -2.05. The predicted molar refractivity (Wildman–Crippen MR) is 31.3 cm³/mol. The van der Waals surface area contributed by atoms with Crippen molar-refractivity contribution in [3.63, 3.8) is 0 Å². The van der Waals surface area contributed by atoms with Crippen LogP contribution in [-0.2, 0) is 4.79 Å². The van der Waals surface area contributed by atoms with E-state index in [2.05, 4.69) is 4.99 Å². The molecule has 0 saturated carbocycles. The molecule has 1 heterocycles. The van der Waals surface area contributed by atoms with E-state index >= 15 is 0 Å². The molecule has 1 rings (SSSR count). The number of amides is 3. The van der Waals surface area contributed by atoms with Crippen LogP contribution in [0.1, 0.15) is 6.92 Å². The second-order valence-electron chi connectivity index (χ2n) is 1.62. The van der Waals surface area contributed by atoms with Crippen LogP contribution in [0.2, 0.25) is 0 Å². The molecule has 0 radical (unpaired) electrons.